The molecule has 116 valence electrons. The summed E-state index contributed by atoms with van der Waals surface area (Å²) in [6.45, 7) is 1.88. The summed E-state index contributed by atoms with van der Waals surface area (Å²) in [4.78, 5) is 12.3. The van der Waals surface area contributed by atoms with Crippen LogP contribution >= 0.6 is 0 Å². The molecule has 0 aliphatic carbocycles. The van der Waals surface area contributed by atoms with Crippen molar-refractivity contribution in [1.29, 1.82) is 5.26 Å². The first-order chi connectivity index (χ1) is 11.1. The van der Waals surface area contributed by atoms with E-state index in [1.807, 2.05) is 19.1 Å². The first-order valence-corrected chi connectivity index (χ1v) is 6.94. The summed E-state index contributed by atoms with van der Waals surface area (Å²) in [5, 5.41) is 19.1. The van der Waals surface area contributed by atoms with Crippen LogP contribution in [0.25, 0.3) is 0 Å². The van der Waals surface area contributed by atoms with Crippen LogP contribution in [0.5, 0.6) is 0 Å². The van der Waals surface area contributed by atoms with Gasteiger partial charge in [-0.15, -0.1) is 0 Å². The summed E-state index contributed by atoms with van der Waals surface area (Å²) in [7, 11) is 0. The van der Waals surface area contributed by atoms with Crippen LogP contribution in [0.2, 0.25) is 0 Å². The largest absolute Gasteiger partial charge is 0.479 e. The van der Waals surface area contributed by atoms with Gasteiger partial charge < -0.3 is 19.1 Å². The molecule has 0 radical (unpaired) electrons. The van der Waals surface area contributed by atoms with Gasteiger partial charge in [0, 0.05) is 12.4 Å². The predicted molar refractivity (Wildman–Crippen MR) is 80.1 cm³/mol. The number of aliphatic carboxylic acids is 1. The SMILES string of the molecule is Cc1cccc(C(C(=O)O)(C2OC=CO2)n2ccc(C#N)c2)c1. The summed E-state index contributed by atoms with van der Waals surface area (Å²) in [6, 6.07) is 10.7. The Balaban J connectivity index is 2.26. The van der Waals surface area contributed by atoms with Gasteiger partial charge in [0.25, 0.3) is 6.29 Å². The predicted octanol–water partition coefficient (Wildman–Crippen LogP) is 2.34. The van der Waals surface area contributed by atoms with E-state index in [9.17, 15) is 9.90 Å². The minimum atomic E-state index is -1.65. The van der Waals surface area contributed by atoms with Gasteiger partial charge >= 0.3 is 5.97 Å². The number of nitrogens with zero attached hydrogens (tertiary/aromatic N) is 2. The third-order valence-electron chi connectivity index (χ3n) is 3.81. The van der Waals surface area contributed by atoms with Gasteiger partial charge in [0.15, 0.2) is 0 Å². The molecule has 1 atom stereocenters. The molecule has 0 spiro atoms. The zero-order chi connectivity index (χ0) is 16.4. The number of carbonyl (C=O) groups is 1. The van der Waals surface area contributed by atoms with E-state index in [1.54, 1.807) is 30.5 Å². The third kappa shape index (κ3) is 2.23. The van der Waals surface area contributed by atoms with Crippen LogP contribution in [-0.2, 0) is 19.8 Å². The van der Waals surface area contributed by atoms with Gasteiger partial charge in [0.1, 0.15) is 18.6 Å². The quantitative estimate of drug-likeness (QED) is 0.937. The molecule has 6 heteroatoms. The standard InChI is InChI=1S/C17H14N2O4/c1-12-3-2-4-14(9-12)17(15(20)21,16-22-7-8-23-16)19-6-5-13(10-18)11-19/h2-9,11,16H,1H3,(H,20,21). The molecule has 2 aromatic rings. The van der Waals surface area contributed by atoms with Crippen molar-refractivity contribution < 1.29 is 19.4 Å². The molecule has 3 rings (SSSR count). The Morgan fingerprint density at radius 2 is 2.09 bits per heavy atom. The molecule has 1 unspecified atom stereocenters. The van der Waals surface area contributed by atoms with Crippen molar-refractivity contribution in [2.75, 3.05) is 0 Å². The Bertz CT molecular complexity index is 810. The first-order valence-electron chi connectivity index (χ1n) is 6.94. The van der Waals surface area contributed by atoms with E-state index < -0.39 is 17.8 Å². The molecule has 1 aromatic carbocycles. The molecule has 0 fully saturated rings. The van der Waals surface area contributed by atoms with Crippen LogP contribution in [-0.4, -0.2) is 21.9 Å². The van der Waals surface area contributed by atoms with E-state index in [2.05, 4.69) is 0 Å². The number of carboxylic acid groups (broad SMARTS) is 1. The van der Waals surface area contributed by atoms with Gasteiger partial charge in [-0.2, -0.15) is 5.26 Å². The normalized spacial score (nSPS) is 16.2. The molecule has 2 heterocycles. The Kier molecular flexibility index (Phi) is 3.54. The van der Waals surface area contributed by atoms with Gasteiger partial charge in [-0.25, -0.2) is 4.79 Å². The van der Waals surface area contributed by atoms with Crippen LogP contribution in [0.3, 0.4) is 0 Å². The number of nitriles is 1. The Morgan fingerprint density at radius 1 is 1.35 bits per heavy atom. The van der Waals surface area contributed by atoms with Crippen LogP contribution in [0, 0.1) is 18.3 Å². The lowest BCUT2D eigenvalue weighted by atomic mass is 9.87. The maximum atomic E-state index is 12.3. The lowest BCUT2D eigenvalue weighted by Gasteiger charge is -2.35. The molecule has 1 aliphatic rings. The highest BCUT2D eigenvalue weighted by Gasteiger charge is 2.53. The second-order valence-corrected chi connectivity index (χ2v) is 5.24. The molecule has 6 nitrogen and oxygen atoms in total. The maximum Gasteiger partial charge on any atom is 0.342 e. The third-order valence-corrected chi connectivity index (χ3v) is 3.81. The van der Waals surface area contributed by atoms with Gasteiger partial charge in [-0.05, 0) is 18.6 Å². The maximum absolute atomic E-state index is 12.3. The number of ether oxygens (including phenoxy) is 2. The summed E-state index contributed by atoms with van der Waals surface area (Å²) < 4.78 is 12.2. The molecule has 0 bridgehead atoms. The lowest BCUT2D eigenvalue weighted by Crippen LogP contribution is -2.52. The molecule has 1 N–H and O–H groups in total. The zero-order valence-corrected chi connectivity index (χ0v) is 12.3. The fourth-order valence-electron chi connectivity index (χ4n) is 2.74. The molecule has 0 saturated carbocycles. The fraction of sp³-hybridized carbons (Fsp3) is 0.176. The highest BCUT2D eigenvalue weighted by Crippen LogP contribution is 2.36. The second kappa shape index (κ2) is 5.54. The fourth-order valence-corrected chi connectivity index (χ4v) is 2.74. The summed E-state index contributed by atoms with van der Waals surface area (Å²) in [5.41, 5.74) is 0.115. The minimum absolute atomic E-state index is 0.356. The van der Waals surface area contributed by atoms with Crippen LogP contribution in [0.4, 0.5) is 0 Å². The van der Waals surface area contributed by atoms with Crippen LogP contribution < -0.4 is 0 Å². The molecule has 1 aromatic heterocycles. The molecule has 1 aliphatic heterocycles. The second-order valence-electron chi connectivity index (χ2n) is 5.24. The number of aryl methyl sites for hydroxylation is 1. The van der Waals surface area contributed by atoms with E-state index in [1.165, 1.54) is 23.3 Å². The molecular formula is C17H14N2O4. The lowest BCUT2D eigenvalue weighted by molar-refractivity contribution is -0.165. The van der Waals surface area contributed by atoms with E-state index >= 15 is 0 Å². The minimum Gasteiger partial charge on any atom is -0.479 e. The number of aromatic nitrogens is 1. The average molecular weight is 310 g/mol. The first kappa shape index (κ1) is 14.7. The van der Waals surface area contributed by atoms with Gasteiger partial charge in [0.2, 0.25) is 5.54 Å². The zero-order valence-electron chi connectivity index (χ0n) is 12.3. The van der Waals surface area contributed by atoms with Gasteiger partial charge in [-0.3, -0.25) is 0 Å². The van der Waals surface area contributed by atoms with Crippen molar-refractivity contribution in [2.45, 2.75) is 18.8 Å². The van der Waals surface area contributed by atoms with Crippen molar-refractivity contribution in [3.8, 4) is 6.07 Å². The topological polar surface area (TPSA) is 84.5 Å². The molecular weight excluding hydrogens is 296 g/mol. The highest BCUT2D eigenvalue weighted by atomic mass is 16.7. The van der Waals surface area contributed by atoms with Gasteiger partial charge in [0.05, 0.1) is 5.56 Å². The van der Waals surface area contributed by atoms with Crippen molar-refractivity contribution >= 4 is 5.97 Å². The summed E-state index contributed by atoms with van der Waals surface area (Å²) in [5.74, 6) is -1.14. The average Bonchev–Trinajstić information content (AvgIpc) is 3.20. The summed E-state index contributed by atoms with van der Waals surface area (Å²) >= 11 is 0. The van der Waals surface area contributed by atoms with E-state index in [4.69, 9.17) is 14.7 Å². The molecule has 0 saturated heterocycles. The smallest absolute Gasteiger partial charge is 0.342 e. The number of hydrogen-bond donors (Lipinski definition) is 1. The van der Waals surface area contributed by atoms with Crippen molar-refractivity contribution in [3.63, 3.8) is 0 Å². The van der Waals surface area contributed by atoms with Crippen LogP contribution in [0.1, 0.15) is 16.7 Å². The number of rotatable bonds is 4. The van der Waals surface area contributed by atoms with E-state index in [-0.39, 0.29) is 0 Å². The number of carboxylic acids is 1. The molecule has 23 heavy (non-hydrogen) atoms. The monoisotopic (exact) mass is 310 g/mol. The number of benzene rings is 1. The Labute approximate surface area is 132 Å². The van der Waals surface area contributed by atoms with E-state index in [0.717, 1.165) is 5.56 Å². The van der Waals surface area contributed by atoms with Gasteiger partial charge in [-0.1, -0.05) is 29.8 Å². The number of hydrogen-bond acceptors (Lipinski definition) is 4. The Hall–Kier alpha value is -3.20. The Morgan fingerprint density at radius 3 is 2.65 bits per heavy atom. The molecule has 0 amide bonds. The van der Waals surface area contributed by atoms with Crippen molar-refractivity contribution in [2.24, 2.45) is 0 Å². The van der Waals surface area contributed by atoms with Crippen molar-refractivity contribution in [1.82, 2.24) is 4.57 Å². The van der Waals surface area contributed by atoms with Crippen LogP contribution in [0.15, 0.2) is 55.2 Å². The van der Waals surface area contributed by atoms with E-state index in [0.29, 0.717) is 11.1 Å². The summed E-state index contributed by atoms with van der Waals surface area (Å²) in [6.07, 6.45) is 4.56. The highest BCUT2D eigenvalue weighted by molar-refractivity contribution is 5.82. The van der Waals surface area contributed by atoms with Crippen molar-refractivity contribution in [3.05, 3.63) is 71.9 Å².